The molecule has 3 N–H and O–H groups in total. The molecule has 0 spiro atoms. The molecule has 90 valence electrons. The summed E-state index contributed by atoms with van der Waals surface area (Å²) in [7, 11) is 0. The van der Waals surface area contributed by atoms with Crippen LogP contribution in [-0.2, 0) is 0 Å². The summed E-state index contributed by atoms with van der Waals surface area (Å²) >= 11 is 3.19. The molecule has 0 saturated carbocycles. The van der Waals surface area contributed by atoms with Crippen LogP contribution >= 0.6 is 15.9 Å². The Kier molecular flexibility index (Phi) is 5.38. The fourth-order valence-electron chi connectivity index (χ4n) is 1.94. The third kappa shape index (κ3) is 3.03. The lowest BCUT2D eigenvalue weighted by Crippen LogP contribution is -2.33. The fourth-order valence-corrected chi connectivity index (χ4v) is 2.32. The van der Waals surface area contributed by atoms with Crippen molar-refractivity contribution in [1.29, 1.82) is 0 Å². The fraction of sp³-hybridized carbons (Fsp3) is 0.500. The van der Waals surface area contributed by atoms with E-state index in [0.29, 0.717) is 16.0 Å². The molecule has 4 heteroatoms. The van der Waals surface area contributed by atoms with Crippen molar-refractivity contribution in [2.75, 3.05) is 0 Å². The zero-order valence-corrected chi connectivity index (χ0v) is 11.2. The number of hydrogen-bond donors (Lipinski definition) is 2. The molecule has 0 radical (unpaired) electrons. The van der Waals surface area contributed by atoms with Crippen molar-refractivity contribution >= 4 is 15.9 Å². The number of benzene rings is 1. The number of halogens is 2. The molecule has 0 aliphatic carbocycles. The first-order chi connectivity index (χ1) is 7.61. The summed E-state index contributed by atoms with van der Waals surface area (Å²) in [5.74, 6) is 5.60. The zero-order valence-electron chi connectivity index (χ0n) is 9.63. The van der Waals surface area contributed by atoms with E-state index in [1.165, 1.54) is 0 Å². The largest absolute Gasteiger partial charge is 0.271 e. The summed E-state index contributed by atoms with van der Waals surface area (Å²) in [6, 6.07) is 5.15. The van der Waals surface area contributed by atoms with E-state index in [4.69, 9.17) is 5.84 Å². The van der Waals surface area contributed by atoms with E-state index in [1.807, 2.05) is 6.07 Å². The molecule has 0 aliphatic rings. The number of hydrazine groups is 1. The minimum absolute atomic E-state index is 0.141. The molecular weight excluding hydrogens is 271 g/mol. The minimum Gasteiger partial charge on any atom is -0.271 e. The second-order valence-electron chi connectivity index (χ2n) is 4.05. The van der Waals surface area contributed by atoms with Gasteiger partial charge in [0, 0.05) is 5.56 Å². The van der Waals surface area contributed by atoms with Crippen LogP contribution in [0.4, 0.5) is 4.39 Å². The predicted octanol–water partition coefficient (Wildman–Crippen LogP) is 3.53. The molecular formula is C12H18BrFN2. The Labute approximate surface area is 105 Å². The average Bonchev–Trinajstić information content (AvgIpc) is 2.25. The standard InChI is InChI=1S/C12H18BrFN2/c1-3-5-8(2)12(16-15)9-6-4-7-10(13)11(9)14/h4,6-8,12,16H,3,5,15H2,1-2H3. The quantitative estimate of drug-likeness (QED) is 0.643. The summed E-state index contributed by atoms with van der Waals surface area (Å²) in [5, 5.41) is 0. The highest BCUT2D eigenvalue weighted by Crippen LogP contribution is 2.29. The van der Waals surface area contributed by atoms with Crippen molar-refractivity contribution in [3.05, 3.63) is 34.1 Å². The van der Waals surface area contributed by atoms with Crippen LogP contribution < -0.4 is 11.3 Å². The molecule has 0 bridgehead atoms. The maximum Gasteiger partial charge on any atom is 0.142 e. The summed E-state index contributed by atoms with van der Waals surface area (Å²) in [6.45, 7) is 4.19. The van der Waals surface area contributed by atoms with Crippen molar-refractivity contribution in [1.82, 2.24) is 5.43 Å². The first-order valence-corrected chi connectivity index (χ1v) is 6.31. The molecule has 2 unspecified atom stereocenters. The van der Waals surface area contributed by atoms with Crippen molar-refractivity contribution in [3.8, 4) is 0 Å². The molecule has 0 heterocycles. The second-order valence-corrected chi connectivity index (χ2v) is 4.91. The van der Waals surface area contributed by atoms with Crippen LogP contribution in [0.3, 0.4) is 0 Å². The molecule has 0 saturated heterocycles. The van der Waals surface area contributed by atoms with Gasteiger partial charge < -0.3 is 0 Å². The van der Waals surface area contributed by atoms with E-state index >= 15 is 0 Å². The summed E-state index contributed by atoms with van der Waals surface area (Å²) in [6.07, 6.45) is 2.08. The monoisotopic (exact) mass is 288 g/mol. The van der Waals surface area contributed by atoms with Crippen molar-refractivity contribution in [3.63, 3.8) is 0 Å². The number of rotatable bonds is 5. The van der Waals surface area contributed by atoms with Gasteiger partial charge >= 0.3 is 0 Å². The van der Waals surface area contributed by atoms with Crippen molar-refractivity contribution < 1.29 is 4.39 Å². The molecule has 0 aliphatic heterocycles. The number of hydrogen-bond acceptors (Lipinski definition) is 2. The first kappa shape index (κ1) is 13.6. The molecule has 1 rings (SSSR count). The Balaban J connectivity index is 2.99. The molecule has 1 aromatic carbocycles. The Hall–Kier alpha value is -0.450. The highest BCUT2D eigenvalue weighted by Gasteiger charge is 2.21. The van der Waals surface area contributed by atoms with Gasteiger partial charge in [-0.15, -0.1) is 0 Å². The average molecular weight is 289 g/mol. The summed E-state index contributed by atoms with van der Waals surface area (Å²) in [4.78, 5) is 0. The van der Waals surface area contributed by atoms with E-state index in [2.05, 4.69) is 35.2 Å². The van der Waals surface area contributed by atoms with Gasteiger partial charge in [-0.3, -0.25) is 11.3 Å². The van der Waals surface area contributed by atoms with E-state index < -0.39 is 0 Å². The highest BCUT2D eigenvalue weighted by molar-refractivity contribution is 9.10. The minimum atomic E-state index is -0.228. The summed E-state index contributed by atoms with van der Waals surface area (Å²) in [5.41, 5.74) is 3.33. The third-order valence-electron chi connectivity index (χ3n) is 2.81. The molecule has 16 heavy (non-hydrogen) atoms. The van der Waals surface area contributed by atoms with E-state index in [0.717, 1.165) is 12.8 Å². The molecule has 2 nitrogen and oxygen atoms in total. The van der Waals surface area contributed by atoms with E-state index in [1.54, 1.807) is 12.1 Å². The maximum atomic E-state index is 13.9. The SMILES string of the molecule is CCCC(C)C(NN)c1cccc(Br)c1F. The second kappa shape index (κ2) is 6.33. The molecule has 0 amide bonds. The van der Waals surface area contributed by atoms with Crippen LogP contribution in [0.2, 0.25) is 0 Å². The predicted molar refractivity (Wildman–Crippen MR) is 68.2 cm³/mol. The Morgan fingerprint density at radius 1 is 1.50 bits per heavy atom. The van der Waals surface area contributed by atoms with Crippen molar-refractivity contribution in [2.45, 2.75) is 32.7 Å². The van der Waals surface area contributed by atoms with Crippen LogP contribution in [0.1, 0.15) is 38.3 Å². The third-order valence-corrected chi connectivity index (χ3v) is 3.42. The molecule has 0 fully saturated rings. The Morgan fingerprint density at radius 2 is 2.19 bits per heavy atom. The molecule has 1 aromatic rings. The lowest BCUT2D eigenvalue weighted by Gasteiger charge is -2.24. The first-order valence-electron chi connectivity index (χ1n) is 5.51. The topological polar surface area (TPSA) is 38.0 Å². The maximum absolute atomic E-state index is 13.9. The molecule has 0 aromatic heterocycles. The summed E-state index contributed by atoms with van der Waals surface area (Å²) < 4.78 is 14.4. The highest BCUT2D eigenvalue weighted by atomic mass is 79.9. The van der Waals surface area contributed by atoms with Crippen LogP contribution in [0.15, 0.2) is 22.7 Å². The lowest BCUT2D eigenvalue weighted by atomic mass is 9.91. The lowest BCUT2D eigenvalue weighted by molar-refractivity contribution is 0.357. The smallest absolute Gasteiger partial charge is 0.142 e. The zero-order chi connectivity index (χ0) is 12.1. The normalized spacial score (nSPS) is 14.8. The van der Waals surface area contributed by atoms with E-state index in [-0.39, 0.29) is 11.9 Å². The number of nitrogens with two attached hydrogens (primary N) is 1. The van der Waals surface area contributed by atoms with E-state index in [9.17, 15) is 4.39 Å². The van der Waals surface area contributed by atoms with Gasteiger partial charge in [0.1, 0.15) is 5.82 Å². The van der Waals surface area contributed by atoms with Gasteiger partial charge in [-0.1, -0.05) is 32.4 Å². The van der Waals surface area contributed by atoms with Gasteiger partial charge in [0.25, 0.3) is 0 Å². The Bertz CT molecular complexity index is 344. The van der Waals surface area contributed by atoms with Gasteiger partial charge in [-0.05, 0) is 34.3 Å². The van der Waals surface area contributed by atoms with Crippen LogP contribution in [0, 0.1) is 11.7 Å². The van der Waals surface area contributed by atoms with Gasteiger partial charge in [0.2, 0.25) is 0 Å². The van der Waals surface area contributed by atoms with Gasteiger partial charge in [-0.2, -0.15) is 0 Å². The van der Waals surface area contributed by atoms with Crippen molar-refractivity contribution in [2.24, 2.45) is 11.8 Å². The van der Waals surface area contributed by atoms with Crippen LogP contribution in [-0.4, -0.2) is 0 Å². The van der Waals surface area contributed by atoms with Crippen LogP contribution in [0.25, 0.3) is 0 Å². The molecule has 2 atom stereocenters. The van der Waals surface area contributed by atoms with Crippen LogP contribution in [0.5, 0.6) is 0 Å². The number of nitrogens with one attached hydrogen (secondary N) is 1. The Morgan fingerprint density at radius 3 is 2.75 bits per heavy atom. The van der Waals surface area contributed by atoms with Gasteiger partial charge in [0.15, 0.2) is 0 Å². The van der Waals surface area contributed by atoms with Gasteiger partial charge in [0.05, 0.1) is 10.5 Å². The van der Waals surface area contributed by atoms with Gasteiger partial charge in [-0.25, -0.2) is 4.39 Å².